The summed E-state index contributed by atoms with van der Waals surface area (Å²) in [6, 6.07) is 12.8. The van der Waals surface area contributed by atoms with Crippen LogP contribution >= 0.6 is 0 Å². The number of rotatable bonds is 8. The lowest BCUT2D eigenvalue weighted by Crippen LogP contribution is -2.68. The smallest absolute Gasteiger partial charge is 0.255 e. The van der Waals surface area contributed by atoms with Crippen LogP contribution in [-0.2, 0) is 9.53 Å². The van der Waals surface area contributed by atoms with Crippen molar-refractivity contribution in [1.82, 2.24) is 14.8 Å². The Kier molecular flexibility index (Phi) is 6.95. The van der Waals surface area contributed by atoms with Gasteiger partial charge in [-0.3, -0.25) is 14.6 Å². The first-order valence-corrected chi connectivity index (χ1v) is 9.71. The summed E-state index contributed by atoms with van der Waals surface area (Å²) in [6.45, 7) is 2.52. The minimum absolute atomic E-state index is 0.0446. The maximum Gasteiger partial charge on any atom is 0.255 e. The molecule has 3 atom stereocenters. The predicted molar refractivity (Wildman–Crippen MR) is 108 cm³/mol. The first-order chi connectivity index (χ1) is 14.1. The summed E-state index contributed by atoms with van der Waals surface area (Å²) < 4.78 is 5.19. The molecule has 154 valence electrons. The van der Waals surface area contributed by atoms with E-state index in [2.05, 4.69) is 4.98 Å². The van der Waals surface area contributed by atoms with Gasteiger partial charge in [0.2, 0.25) is 5.91 Å². The average Bonchev–Trinajstić information content (AvgIpc) is 2.73. The lowest BCUT2D eigenvalue weighted by atomic mass is 9.74. The summed E-state index contributed by atoms with van der Waals surface area (Å²) in [7, 11) is 1.59. The van der Waals surface area contributed by atoms with E-state index in [1.54, 1.807) is 35.2 Å². The summed E-state index contributed by atoms with van der Waals surface area (Å²) in [6.07, 6.45) is 3.16. The van der Waals surface area contributed by atoms with Crippen LogP contribution in [0.4, 0.5) is 0 Å². The molecule has 0 aliphatic carbocycles. The lowest BCUT2D eigenvalue weighted by Gasteiger charge is -2.55. The number of nitrogens with zero attached hydrogens (tertiary/aromatic N) is 3. The molecule has 1 aliphatic rings. The Morgan fingerprint density at radius 3 is 2.52 bits per heavy atom. The van der Waals surface area contributed by atoms with Crippen molar-refractivity contribution < 1.29 is 19.4 Å². The van der Waals surface area contributed by atoms with E-state index < -0.39 is 0 Å². The third kappa shape index (κ3) is 4.46. The van der Waals surface area contributed by atoms with E-state index >= 15 is 0 Å². The molecule has 1 saturated heterocycles. The number of pyridine rings is 1. The molecular weight excluding hydrogens is 370 g/mol. The molecule has 1 N–H and O–H groups in total. The molecule has 0 spiro atoms. The molecule has 7 heteroatoms. The van der Waals surface area contributed by atoms with Gasteiger partial charge in [0.15, 0.2) is 0 Å². The SMILES string of the molecule is COCCN(C[C@H]1[C@H](c2ccccc2)[C@@H](CO)N1C(C)=O)C(=O)c1cccnc1. The number of aliphatic hydroxyl groups is 1. The van der Waals surface area contributed by atoms with Crippen LogP contribution in [0.5, 0.6) is 0 Å². The van der Waals surface area contributed by atoms with E-state index in [1.807, 2.05) is 30.3 Å². The maximum absolute atomic E-state index is 13.1. The highest BCUT2D eigenvalue weighted by Crippen LogP contribution is 2.41. The molecule has 0 bridgehead atoms. The van der Waals surface area contributed by atoms with Crippen LogP contribution in [0, 0.1) is 0 Å². The minimum atomic E-state index is -0.294. The van der Waals surface area contributed by atoms with Crippen molar-refractivity contribution in [3.05, 3.63) is 66.0 Å². The summed E-state index contributed by atoms with van der Waals surface area (Å²) in [4.78, 5) is 32.8. The van der Waals surface area contributed by atoms with Crippen molar-refractivity contribution in [2.24, 2.45) is 0 Å². The van der Waals surface area contributed by atoms with Gasteiger partial charge in [-0.05, 0) is 17.7 Å². The number of amides is 2. The molecule has 2 aromatic rings. The first kappa shape index (κ1) is 21.0. The van der Waals surface area contributed by atoms with Gasteiger partial charge in [0.1, 0.15) is 0 Å². The van der Waals surface area contributed by atoms with E-state index in [0.29, 0.717) is 25.3 Å². The fraction of sp³-hybridized carbons (Fsp3) is 0.409. The molecule has 1 aliphatic heterocycles. The Balaban J connectivity index is 1.88. The van der Waals surface area contributed by atoms with Crippen molar-refractivity contribution in [1.29, 1.82) is 0 Å². The number of likely N-dealkylation sites (tertiary alicyclic amines) is 1. The number of ether oxygens (including phenoxy) is 1. The molecule has 7 nitrogen and oxygen atoms in total. The van der Waals surface area contributed by atoms with Gasteiger partial charge < -0.3 is 19.6 Å². The van der Waals surface area contributed by atoms with Crippen molar-refractivity contribution in [3.63, 3.8) is 0 Å². The third-order valence-electron chi connectivity index (χ3n) is 5.45. The molecule has 1 aromatic carbocycles. The van der Waals surface area contributed by atoms with Crippen LogP contribution in [-0.4, -0.2) is 77.2 Å². The van der Waals surface area contributed by atoms with Gasteiger partial charge in [0.25, 0.3) is 5.91 Å². The fourth-order valence-electron chi connectivity index (χ4n) is 4.11. The van der Waals surface area contributed by atoms with Crippen molar-refractivity contribution in [2.75, 3.05) is 33.4 Å². The van der Waals surface area contributed by atoms with Crippen LogP contribution in [0.25, 0.3) is 0 Å². The van der Waals surface area contributed by atoms with Crippen LogP contribution < -0.4 is 0 Å². The quantitative estimate of drug-likeness (QED) is 0.731. The van der Waals surface area contributed by atoms with E-state index in [-0.39, 0.29) is 36.4 Å². The Morgan fingerprint density at radius 2 is 1.93 bits per heavy atom. The Morgan fingerprint density at radius 1 is 1.17 bits per heavy atom. The van der Waals surface area contributed by atoms with Crippen LogP contribution in [0.15, 0.2) is 54.9 Å². The topological polar surface area (TPSA) is 83.0 Å². The minimum Gasteiger partial charge on any atom is -0.394 e. The summed E-state index contributed by atoms with van der Waals surface area (Å²) >= 11 is 0. The van der Waals surface area contributed by atoms with Crippen LogP contribution in [0.1, 0.15) is 28.8 Å². The molecule has 3 rings (SSSR count). The Bertz CT molecular complexity index is 815. The molecule has 2 amide bonds. The number of hydrogen-bond donors (Lipinski definition) is 1. The third-order valence-corrected chi connectivity index (χ3v) is 5.45. The lowest BCUT2D eigenvalue weighted by molar-refractivity contribution is -0.149. The van der Waals surface area contributed by atoms with Gasteiger partial charge in [-0.25, -0.2) is 0 Å². The number of carbonyl (C=O) groups excluding carboxylic acids is 2. The summed E-state index contributed by atoms with van der Waals surface area (Å²) in [5, 5.41) is 9.91. The number of methoxy groups -OCH3 is 1. The van der Waals surface area contributed by atoms with Gasteiger partial charge in [0.05, 0.1) is 30.9 Å². The maximum atomic E-state index is 13.1. The van der Waals surface area contributed by atoms with Gasteiger partial charge in [-0.1, -0.05) is 30.3 Å². The Hall–Kier alpha value is -2.77. The van der Waals surface area contributed by atoms with Gasteiger partial charge in [-0.2, -0.15) is 0 Å². The highest BCUT2D eigenvalue weighted by Gasteiger charge is 2.50. The molecule has 1 fully saturated rings. The van der Waals surface area contributed by atoms with Crippen molar-refractivity contribution in [3.8, 4) is 0 Å². The van der Waals surface area contributed by atoms with Crippen molar-refractivity contribution in [2.45, 2.75) is 24.9 Å². The molecule has 0 saturated carbocycles. The van der Waals surface area contributed by atoms with Gasteiger partial charge in [0, 0.05) is 45.4 Å². The largest absolute Gasteiger partial charge is 0.394 e. The number of hydrogen-bond acceptors (Lipinski definition) is 5. The van der Waals surface area contributed by atoms with Crippen LogP contribution in [0.3, 0.4) is 0 Å². The predicted octanol–water partition coefficient (Wildman–Crippen LogP) is 1.55. The zero-order chi connectivity index (χ0) is 20.8. The zero-order valence-electron chi connectivity index (χ0n) is 16.8. The first-order valence-electron chi connectivity index (χ1n) is 9.71. The standard InChI is InChI=1S/C22H27N3O4/c1-16(27)25-19(21(20(25)15-26)17-7-4-3-5-8-17)14-24(11-12-29-2)22(28)18-9-6-10-23-13-18/h3-10,13,19-21,26H,11-12,14-15H2,1-2H3/t19-,20+,21-/m0/s1. The summed E-state index contributed by atoms with van der Waals surface area (Å²) in [5.41, 5.74) is 1.54. The number of carbonyl (C=O) groups is 2. The number of aliphatic hydroxyl groups excluding tert-OH is 1. The van der Waals surface area contributed by atoms with Gasteiger partial charge >= 0.3 is 0 Å². The fourth-order valence-corrected chi connectivity index (χ4v) is 4.11. The second-order valence-electron chi connectivity index (χ2n) is 7.17. The van der Waals surface area contributed by atoms with Crippen LogP contribution in [0.2, 0.25) is 0 Å². The summed E-state index contributed by atoms with van der Waals surface area (Å²) in [5.74, 6) is -0.309. The number of benzene rings is 1. The van der Waals surface area contributed by atoms with Gasteiger partial charge in [-0.15, -0.1) is 0 Å². The van der Waals surface area contributed by atoms with E-state index in [4.69, 9.17) is 4.74 Å². The molecule has 0 unspecified atom stereocenters. The second-order valence-corrected chi connectivity index (χ2v) is 7.17. The van der Waals surface area contributed by atoms with Crippen molar-refractivity contribution >= 4 is 11.8 Å². The van der Waals surface area contributed by atoms with E-state index in [0.717, 1.165) is 5.56 Å². The van der Waals surface area contributed by atoms with E-state index in [1.165, 1.54) is 13.1 Å². The normalized spacial score (nSPS) is 20.8. The molecule has 29 heavy (non-hydrogen) atoms. The highest BCUT2D eigenvalue weighted by atomic mass is 16.5. The monoisotopic (exact) mass is 397 g/mol. The average molecular weight is 397 g/mol. The zero-order valence-corrected chi connectivity index (χ0v) is 16.8. The highest BCUT2D eigenvalue weighted by molar-refractivity contribution is 5.94. The Labute approximate surface area is 170 Å². The number of aromatic nitrogens is 1. The van der Waals surface area contributed by atoms with E-state index in [9.17, 15) is 14.7 Å². The molecule has 2 heterocycles. The molecular formula is C22H27N3O4. The molecule has 0 radical (unpaired) electrons. The second kappa shape index (κ2) is 9.62. The molecule has 1 aromatic heterocycles.